The van der Waals surface area contributed by atoms with Gasteiger partial charge in [-0.3, -0.25) is 9.59 Å². The molecule has 0 unspecified atom stereocenters. The smallest absolute Gasteiger partial charge is 0.255 e. The van der Waals surface area contributed by atoms with Crippen LogP contribution in [0.4, 0.5) is 5.69 Å². The molecule has 0 aliphatic carbocycles. The Balaban J connectivity index is 2.19. The fraction of sp³-hybridized carbons (Fsp3) is 0.125. The van der Waals surface area contributed by atoms with Crippen LogP contribution in [0, 0.1) is 6.92 Å². The maximum Gasteiger partial charge on any atom is 0.255 e. The average Bonchev–Trinajstić information content (AvgIpc) is 2.49. The van der Waals surface area contributed by atoms with E-state index in [0.29, 0.717) is 16.8 Å². The number of nitrogens with one attached hydrogen (secondary N) is 2. The molecule has 0 heterocycles. The molecule has 0 aliphatic rings. The molecule has 0 bridgehead atoms. The normalized spacial score (nSPS) is 10.0. The zero-order chi connectivity index (χ0) is 15.4. The van der Waals surface area contributed by atoms with E-state index < -0.39 is 0 Å². The first-order chi connectivity index (χ1) is 10.0. The van der Waals surface area contributed by atoms with Gasteiger partial charge in [0, 0.05) is 28.3 Å². The summed E-state index contributed by atoms with van der Waals surface area (Å²) in [5.41, 5.74) is 2.65. The Kier molecular flexibility index (Phi) is 4.75. The third-order valence-electron chi connectivity index (χ3n) is 3.03. The molecule has 2 N–H and O–H groups in total. The van der Waals surface area contributed by atoms with Gasteiger partial charge in [0.2, 0.25) is 0 Å². The molecule has 5 heteroatoms. The van der Waals surface area contributed by atoms with Crippen molar-refractivity contribution in [1.29, 1.82) is 0 Å². The molecule has 2 amide bonds. The summed E-state index contributed by atoms with van der Waals surface area (Å²) < 4.78 is 0.959. The highest BCUT2D eigenvalue weighted by Gasteiger charge is 2.09. The van der Waals surface area contributed by atoms with E-state index in [1.165, 1.54) is 0 Å². The fourth-order valence-electron chi connectivity index (χ4n) is 1.87. The van der Waals surface area contributed by atoms with Crippen molar-refractivity contribution in [1.82, 2.24) is 5.32 Å². The lowest BCUT2D eigenvalue weighted by molar-refractivity contribution is 0.0961. The van der Waals surface area contributed by atoms with Gasteiger partial charge >= 0.3 is 0 Å². The quantitative estimate of drug-likeness (QED) is 0.894. The molecular weight excluding hydrogens is 332 g/mol. The Hall–Kier alpha value is -2.14. The van der Waals surface area contributed by atoms with E-state index in [1.54, 1.807) is 37.4 Å². The Labute approximate surface area is 131 Å². The number of aryl methyl sites for hydroxylation is 1. The molecule has 0 radical (unpaired) electrons. The lowest BCUT2D eigenvalue weighted by Crippen LogP contribution is -2.18. The lowest BCUT2D eigenvalue weighted by Gasteiger charge is -2.08. The molecule has 0 aromatic heterocycles. The van der Waals surface area contributed by atoms with Crippen molar-refractivity contribution in [2.24, 2.45) is 0 Å². The number of benzene rings is 2. The summed E-state index contributed by atoms with van der Waals surface area (Å²) >= 11 is 3.40. The topological polar surface area (TPSA) is 58.2 Å². The van der Waals surface area contributed by atoms with Crippen LogP contribution in [0.1, 0.15) is 26.3 Å². The van der Waals surface area contributed by atoms with E-state index in [1.807, 2.05) is 19.1 Å². The van der Waals surface area contributed by atoms with E-state index in [0.717, 1.165) is 10.0 Å². The minimum absolute atomic E-state index is 0.189. The van der Waals surface area contributed by atoms with Crippen LogP contribution >= 0.6 is 15.9 Å². The highest BCUT2D eigenvalue weighted by Crippen LogP contribution is 2.18. The molecule has 108 valence electrons. The van der Waals surface area contributed by atoms with Crippen molar-refractivity contribution in [3.63, 3.8) is 0 Å². The highest BCUT2D eigenvalue weighted by molar-refractivity contribution is 9.10. The maximum atomic E-state index is 12.2. The van der Waals surface area contributed by atoms with Crippen molar-refractivity contribution < 1.29 is 9.59 Å². The van der Waals surface area contributed by atoms with E-state index in [9.17, 15) is 9.59 Å². The second kappa shape index (κ2) is 6.54. The molecule has 2 rings (SSSR count). The number of anilines is 1. The number of carbonyl (C=O) groups excluding carboxylic acids is 2. The Morgan fingerprint density at radius 2 is 1.71 bits per heavy atom. The van der Waals surface area contributed by atoms with Gasteiger partial charge in [0.25, 0.3) is 11.8 Å². The Morgan fingerprint density at radius 3 is 2.38 bits per heavy atom. The van der Waals surface area contributed by atoms with Gasteiger partial charge < -0.3 is 10.6 Å². The van der Waals surface area contributed by atoms with Gasteiger partial charge in [-0.05, 0) is 48.9 Å². The molecule has 0 fully saturated rings. The van der Waals surface area contributed by atoms with E-state index in [-0.39, 0.29) is 11.8 Å². The summed E-state index contributed by atoms with van der Waals surface area (Å²) in [6.45, 7) is 1.92. The van der Waals surface area contributed by atoms with Crippen LogP contribution in [0.2, 0.25) is 0 Å². The standard InChI is InChI=1S/C16H15BrN2O2/c1-10-8-12(6-7-14(10)17)16(21)19-13-5-3-4-11(9-13)15(20)18-2/h3-9H,1-2H3,(H,18,20)(H,19,21). The molecule has 0 spiro atoms. The van der Waals surface area contributed by atoms with Gasteiger partial charge in [-0.25, -0.2) is 0 Å². The summed E-state index contributed by atoms with van der Waals surface area (Å²) in [6, 6.07) is 12.2. The Bertz CT molecular complexity index is 698. The molecule has 0 saturated carbocycles. The van der Waals surface area contributed by atoms with Crippen molar-refractivity contribution in [3.8, 4) is 0 Å². The number of rotatable bonds is 3. The van der Waals surface area contributed by atoms with Gasteiger partial charge in [-0.15, -0.1) is 0 Å². The minimum atomic E-state index is -0.209. The Morgan fingerprint density at radius 1 is 1.00 bits per heavy atom. The number of halogens is 1. The maximum absolute atomic E-state index is 12.2. The van der Waals surface area contributed by atoms with Crippen molar-refractivity contribution in [2.45, 2.75) is 6.92 Å². The van der Waals surface area contributed by atoms with Crippen molar-refractivity contribution >= 4 is 33.4 Å². The van der Waals surface area contributed by atoms with Gasteiger partial charge in [0.1, 0.15) is 0 Å². The van der Waals surface area contributed by atoms with Gasteiger partial charge in [-0.2, -0.15) is 0 Å². The number of hydrogen-bond acceptors (Lipinski definition) is 2. The lowest BCUT2D eigenvalue weighted by atomic mass is 10.1. The largest absolute Gasteiger partial charge is 0.355 e. The third-order valence-corrected chi connectivity index (χ3v) is 3.92. The van der Waals surface area contributed by atoms with Crippen LogP contribution < -0.4 is 10.6 Å². The monoisotopic (exact) mass is 346 g/mol. The summed E-state index contributed by atoms with van der Waals surface area (Å²) in [4.78, 5) is 23.8. The summed E-state index contributed by atoms with van der Waals surface area (Å²) in [6.07, 6.45) is 0. The molecule has 21 heavy (non-hydrogen) atoms. The van der Waals surface area contributed by atoms with Crippen LogP contribution in [0.5, 0.6) is 0 Å². The van der Waals surface area contributed by atoms with Crippen LogP contribution in [0.3, 0.4) is 0 Å². The molecule has 0 atom stereocenters. The van der Waals surface area contributed by atoms with Crippen molar-refractivity contribution in [2.75, 3.05) is 12.4 Å². The summed E-state index contributed by atoms with van der Waals surface area (Å²) in [7, 11) is 1.57. The predicted molar refractivity (Wildman–Crippen MR) is 86.7 cm³/mol. The van der Waals surface area contributed by atoms with Gasteiger partial charge in [-0.1, -0.05) is 22.0 Å². The summed E-state index contributed by atoms with van der Waals surface area (Å²) in [5.74, 6) is -0.398. The first-order valence-electron chi connectivity index (χ1n) is 6.41. The highest BCUT2D eigenvalue weighted by atomic mass is 79.9. The predicted octanol–water partition coefficient (Wildman–Crippen LogP) is 3.37. The SMILES string of the molecule is CNC(=O)c1cccc(NC(=O)c2ccc(Br)c(C)c2)c1. The molecule has 0 aliphatic heterocycles. The first-order valence-corrected chi connectivity index (χ1v) is 7.20. The van der Waals surface area contributed by atoms with Gasteiger partial charge in [0.05, 0.1) is 0 Å². The third kappa shape index (κ3) is 3.70. The van der Waals surface area contributed by atoms with E-state index in [4.69, 9.17) is 0 Å². The van der Waals surface area contributed by atoms with E-state index >= 15 is 0 Å². The molecule has 2 aromatic carbocycles. The van der Waals surface area contributed by atoms with Crippen LogP contribution in [0.15, 0.2) is 46.9 Å². The molecule has 2 aromatic rings. The molecule has 0 saturated heterocycles. The number of hydrogen-bond donors (Lipinski definition) is 2. The van der Waals surface area contributed by atoms with E-state index in [2.05, 4.69) is 26.6 Å². The van der Waals surface area contributed by atoms with Crippen LogP contribution in [-0.2, 0) is 0 Å². The van der Waals surface area contributed by atoms with Crippen LogP contribution in [0.25, 0.3) is 0 Å². The van der Waals surface area contributed by atoms with Gasteiger partial charge in [0.15, 0.2) is 0 Å². The number of carbonyl (C=O) groups is 2. The molecular formula is C16H15BrN2O2. The molecule has 4 nitrogen and oxygen atoms in total. The van der Waals surface area contributed by atoms with Crippen molar-refractivity contribution in [3.05, 3.63) is 63.6 Å². The zero-order valence-corrected chi connectivity index (χ0v) is 13.3. The second-order valence-electron chi connectivity index (χ2n) is 4.58. The first kappa shape index (κ1) is 15.3. The number of amides is 2. The zero-order valence-electron chi connectivity index (χ0n) is 11.7. The fourth-order valence-corrected chi connectivity index (χ4v) is 2.12. The average molecular weight is 347 g/mol. The second-order valence-corrected chi connectivity index (χ2v) is 5.43. The summed E-state index contributed by atoms with van der Waals surface area (Å²) in [5, 5.41) is 5.34. The minimum Gasteiger partial charge on any atom is -0.355 e. The van der Waals surface area contributed by atoms with Crippen LogP contribution in [-0.4, -0.2) is 18.9 Å².